The third-order valence-electron chi connectivity index (χ3n) is 11.9. The lowest BCUT2D eigenvalue weighted by Crippen LogP contribution is -2.36. The molecule has 2 saturated heterocycles. The zero-order chi connectivity index (χ0) is 50.3. The van der Waals surface area contributed by atoms with E-state index in [0.717, 1.165) is 94.2 Å². The molecule has 0 amide bonds. The number of ether oxygens (including phenoxy) is 4. The number of anilines is 1. The molecule has 3 rings (SSSR count). The summed E-state index contributed by atoms with van der Waals surface area (Å²) in [4.78, 5) is 61.9. The van der Waals surface area contributed by atoms with Crippen molar-refractivity contribution >= 4 is 33.4 Å². The van der Waals surface area contributed by atoms with Gasteiger partial charge in [-0.25, -0.2) is 13.9 Å². The standard InChI is InChI=1S/C48H83N3O16P2/c1-3-5-7-9-11-12-13-14-15-16-17-18-19-23-28-32-44(53)64-38(35-61-43(52)31-27-24-20-22-26-30-40-39(65-40)29-25-21-10-8-6-4-2)36-62-68(57,58)67-69(59,60)63-37-41-45(54)46(55)47(66-41)51-34-33-42(49)50-48(51)56/h14-15,21,25,33-34,38-41,45-47,54-55H,3-13,16-20,22-24,26-32,35-37H2,1-2H3,(H,57,58)(H,59,60)(H2,49,50,56)/b15-14-,25-21-/t38-,39?,40?,41-,45-,46-,47-/m1/s1. The van der Waals surface area contributed by atoms with Crippen LogP contribution in [0.3, 0.4) is 0 Å². The summed E-state index contributed by atoms with van der Waals surface area (Å²) in [6, 6.07) is 1.25. The van der Waals surface area contributed by atoms with Gasteiger partial charge in [-0.05, 0) is 70.3 Å². The average molecular weight is 1020 g/mol. The molecular weight excluding hydrogens is 936 g/mol. The molecule has 396 valence electrons. The first-order valence-corrected chi connectivity index (χ1v) is 28.5. The number of aliphatic hydroxyl groups excluding tert-OH is 2. The lowest BCUT2D eigenvalue weighted by molar-refractivity contribution is -0.161. The van der Waals surface area contributed by atoms with E-state index < -0.39 is 83.7 Å². The number of unbranched alkanes of at least 4 members (excludes halogenated alkanes) is 18. The highest BCUT2D eigenvalue weighted by atomic mass is 31.3. The number of rotatable bonds is 41. The quantitative estimate of drug-likeness (QED) is 0.0134. The van der Waals surface area contributed by atoms with Gasteiger partial charge in [-0.3, -0.25) is 23.2 Å². The number of carbonyl (C=O) groups is 2. The number of phosphoric ester groups is 2. The van der Waals surface area contributed by atoms with E-state index >= 15 is 0 Å². The second kappa shape index (κ2) is 34.5. The summed E-state index contributed by atoms with van der Waals surface area (Å²) in [5.41, 5.74) is 4.59. The number of hydrogen-bond donors (Lipinski definition) is 5. The molecule has 21 heteroatoms. The Hall–Kier alpha value is -2.80. The molecule has 0 radical (unpaired) electrons. The van der Waals surface area contributed by atoms with Gasteiger partial charge in [-0.2, -0.15) is 9.29 Å². The molecule has 0 aromatic carbocycles. The molecule has 1 aromatic rings. The van der Waals surface area contributed by atoms with E-state index in [1.165, 1.54) is 63.9 Å². The normalized spacial score (nSPS) is 22.5. The summed E-state index contributed by atoms with van der Waals surface area (Å²) < 4.78 is 62.6. The number of aromatic nitrogens is 2. The largest absolute Gasteiger partial charge is 0.481 e. The van der Waals surface area contributed by atoms with Gasteiger partial charge in [0.1, 0.15) is 30.7 Å². The third kappa shape index (κ3) is 27.0. The van der Waals surface area contributed by atoms with E-state index in [0.29, 0.717) is 25.0 Å². The summed E-state index contributed by atoms with van der Waals surface area (Å²) in [5, 5.41) is 20.9. The Balaban J connectivity index is 1.40. The maximum absolute atomic E-state index is 12.9. The van der Waals surface area contributed by atoms with Crippen molar-refractivity contribution in [1.82, 2.24) is 9.55 Å². The molecule has 1 aromatic heterocycles. The molecule has 3 heterocycles. The summed E-state index contributed by atoms with van der Waals surface area (Å²) >= 11 is 0. The molecule has 19 nitrogen and oxygen atoms in total. The van der Waals surface area contributed by atoms with Crippen LogP contribution in [0.1, 0.15) is 187 Å². The SMILES string of the molecule is CCCCC/C=C\CC1OC1CCCCCCCC(=O)OC[C@H](COP(=O)(O)OP(=O)(O)OC[C@H]1O[C@@H](n2ccc(N)nc2=O)[C@H](O)[C@@H]1O)OC(=O)CCCCCCC/C=C\CCCCCCCC. The van der Waals surface area contributed by atoms with E-state index in [2.05, 4.69) is 47.4 Å². The van der Waals surface area contributed by atoms with E-state index in [1.54, 1.807) is 0 Å². The van der Waals surface area contributed by atoms with Gasteiger partial charge < -0.3 is 44.7 Å². The van der Waals surface area contributed by atoms with Crippen LogP contribution in [-0.2, 0) is 51.0 Å². The van der Waals surface area contributed by atoms with Crippen molar-refractivity contribution in [3.8, 4) is 0 Å². The number of phosphoric acid groups is 2. The number of epoxide rings is 1. The number of nitrogens with two attached hydrogens (primary N) is 1. The topological polar surface area (TPSA) is 278 Å². The zero-order valence-electron chi connectivity index (χ0n) is 41.1. The number of nitrogen functional groups attached to an aromatic ring is 1. The highest BCUT2D eigenvalue weighted by Crippen LogP contribution is 2.60. The number of esters is 2. The molecule has 0 bridgehead atoms. The Morgan fingerprint density at radius 3 is 1.91 bits per heavy atom. The smallest absolute Gasteiger partial charge is 0.462 e. The van der Waals surface area contributed by atoms with Gasteiger partial charge >= 0.3 is 33.3 Å². The van der Waals surface area contributed by atoms with Gasteiger partial charge in [0.2, 0.25) is 0 Å². The Labute approximate surface area is 409 Å². The van der Waals surface area contributed by atoms with Crippen LogP contribution in [0.15, 0.2) is 41.4 Å². The second-order valence-corrected chi connectivity index (χ2v) is 21.1. The Bertz CT molecular complexity index is 1820. The second-order valence-electron chi connectivity index (χ2n) is 18.1. The van der Waals surface area contributed by atoms with Crippen LogP contribution in [0.4, 0.5) is 5.82 Å². The Morgan fingerprint density at radius 2 is 1.26 bits per heavy atom. The molecule has 9 atom stereocenters. The Kier molecular flexibility index (Phi) is 30.3. The summed E-state index contributed by atoms with van der Waals surface area (Å²) in [5.74, 6) is -1.32. The lowest BCUT2D eigenvalue weighted by Gasteiger charge is -2.21. The summed E-state index contributed by atoms with van der Waals surface area (Å²) in [6.45, 7) is 2.10. The van der Waals surface area contributed by atoms with Crippen LogP contribution in [0.25, 0.3) is 0 Å². The van der Waals surface area contributed by atoms with E-state index in [-0.39, 0.29) is 18.7 Å². The Morgan fingerprint density at radius 1 is 0.710 bits per heavy atom. The molecule has 2 aliphatic heterocycles. The van der Waals surface area contributed by atoms with Crippen LogP contribution in [-0.4, -0.2) is 97.9 Å². The van der Waals surface area contributed by atoms with Gasteiger partial charge in [0.25, 0.3) is 0 Å². The van der Waals surface area contributed by atoms with Crippen LogP contribution >= 0.6 is 15.6 Å². The van der Waals surface area contributed by atoms with Crippen molar-refractivity contribution in [2.45, 2.75) is 224 Å². The number of allylic oxidation sites excluding steroid dienone is 3. The fourth-order valence-electron chi connectivity index (χ4n) is 7.84. The molecule has 6 N–H and O–H groups in total. The van der Waals surface area contributed by atoms with Gasteiger partial charge in [0, 0.05) is 19.0 Å². The predicted molar refractivity (Wildman–Crippen MR) is 261 cm³/mol. The molecule has 4 unspecified atom stereocenters. The van der Waals surface area contributed by atoms with Crippen LogP contribution in [0, 0.1) is 0 Å². The lowest BCUT2D eigenvalue weighted by atomic mass is 10.1. The molecule has 0 saturated carbocycles. The average Bonchev–Trinajstić information content (AvgIpc) is 3.99. The first-order valence-electron chi connectivity index (χ1n) is 25.5. The van der Waals surface area contributed by atoms with Crippen molar-refractivity contribution in [3.05, 3.63) is 47.1 Å². The van der Waals surface area contributed by atoms with Gasteiger partial charge in [-0.1, -0.05) is 128 Å². The predicted octanol–water partition coefficient (Wildman–Crippen LogP) is 9.21. The van der Waals surface area contributed by atoms with Crippen molar-refractivity contribution in [2.75, 3.05) is 25.6 Å². The first kappa shape index (κ1) is 60.5. The summed E-state index contributed by atoms with van der Waals surface area (Å²) in [7, 11) is -10.9. The molecule has 0 spiro atoms. The number of hydrogen-bond acceptors (Lipinski definition) is 16. The fraction of sp³-hybridized carbons (Fsp3) is 0.792. The molecular formula is C48H83N3O16P2. The minimum atomic E-state index is -5.43. The number of carbonyl (C=O) groups excluding carboxylic acids is 2. The van der Waals surface area contributed by atoms with Crippen molar-refractivity contribution < 1.29 is 71.0 Å². The van der Waals surface area contributed by atoms with Gasteiger partial charge in [-0.15, -0.1) is 0 Å². The maximum atomic E-state index is 12.9. The van der Waals surface area contributed by atoms with Crippen LogP contribution in [0.2, 0.25) is 0 Å². The van der Waals surface area contributed by atoms with Gasteiger partial charge in [0.05, 0.1) is 25.4 Å². The number of aliphatic hydroxyl groups is 2. The van der Waals surface area contributed by atoms with E-state index in [4.69, 9.17) is 33.7 Å². The zero-order valence-corrected chi connectivity index (χ0v) is 42.9. The van der Waals surface area contributed by atoms with Crippen molar-refractivity contribution in [1.29, 1.82) is 0 Å². The molecule has 2 aliphatic rings. The minimum Gasteiger partial charge on any atom is -0.462 e. The first-order chi connectivity index (χ1) is 33.1. The van der Waals surface area contributed by atoms with E-state index in [9.17, 15) is 43.5 Å². The number of nitrogens with zero attached hydrogens (tertiary/aromatic N) is 2. The maximum Gasteiger partial charge on any atom is 0.481 e. The minimum absolute atomic E-state index is 0.0351. The van der Waals surface area contributed by atoms with Crippen molar-refractivity contribution in [2.24, 2.45) is 0 Å². The molecule has 69 heavy (non-hydrogen) atoms. The summed E-state index contributed by atoms with van der Waals surface area (Å²) in [6.07, 6.45) is 28.4. The highest BCUT2D eigenvalue weighted by Gasteiger charge is 2.46. The van der Waals surface area contributed by atoms with Crippen LogP contribution in [0.5, 0.6) is 0 Å². The van der Waals surface area contributed by atoms with Crippen LogP contribution < -0.4 is 11.4 Å². The molecule has 0 aliphatic carbocycles. The van der Waals surface area contributed by atoms with E-state index in [1.807, 2.05) is 0 Å². The fourth-order valence-corrected chi connectivity index (χ4v) is 9.95. The van der Waals surface area contributed by atoms with Gasteiger partial charge in [0.15, 0.2) is 12.3 Å². The third-order valence-corrected chi connectivity index (χ3v) is 14.5. The monoisotopic (exact) mass is 1020 g/mol. The van der Waals surface area contributed by atoms with Crippen molar-refractivity contribution in [3.63, 3.8) is 0 Å². The molecule has 2 fully saturated rings. The highest BCUT2D eigenvalue weighted by molar-refractivity contribution is 7.61.